The van der Waals surface area contributed by atoms with Gasteiger partial charge in [0.25, 0.3) is 0 Å². The van der Waals surface area contributed by atoms with Crippen LogP contribution in [0.25, 0.3) is 0 Å². The van der Waals surface area contributed by atoms with E-state index in [9.17, 15) is 0 Å². The molecule has 3 N–H and O–H groups in total. The van der Waals surface area contributed by atoms with Gasteiger partial charge in [0.15, 0.2) is 0 Å². The summed E-state index contributed by atoms with van der Waals surface area (Å²) >= 11 is 0. The third-order valence-electron chi connectivity index (χ3n) is 3.03. The van der Waals surface area contributed by atoms with Crippen molar-refractivity contribution in [1.82, 2.24) is 20.4 Å². The minimum atomic E-state index is 0.0196. The monoisotopic (exact) mass is 245 g/mol. The molecule has 1 unspecified atom stereocenters. The summed E-state index contributed by atoms with van der Waals surface area (Å²) in [7, 11) is 1.87. The highest BCUT2D eigenvalue weighted by molar-refractivity contribution is 5.29. The fraction of sp³-hybridized carbons (Fsp3) is 0.385. The van der Waals surface area contributed by atoms with Crippen molar-refractivity contribution >= 4 is 0 Å². The molecule has 1 atom stereocenters. The lowest BCUT2D eigenvalue weighted by atomic mass is 10.00. The normalized spacial score (nSPS) is 12.7. The Morgan fingerprint density at radius 1 is 1.28 bits per heavy atom. The molecule has 0 spiro atoms. The van der Waals surface area contributed by atoms with Gasteiger partial charge in [-0.05, 0) is 25.8 Å². The van der Waals surface area contributed by atoms with Gasteiger partial charge in [-0.3, -0.25) is 16.0 Å². The van der Waals surface area contributed by atoms with Gasteiger partial charge in [0.1, 0.15) is 0 Å². The molecule has 0 aliphatic heterocycles. The summed E-state index contributed by atoms with van der Waals surface area (Å²) in [6, 6.07) is 6.55. The fourth-order valence-electron chi connectivity index (χ4n) is 2.28. The van der Waals surface area contributed by atoms with Gasteiger partial charge >= 0.3 is 0 Å². The molecule has 0 bridgehead atoms. The lowest BCUT2D eigenvalue weighted by molar-refractivity contribution is 0.506. The average Bonchev–Trinajstić information content (AvgIpc) is 2.71. The second kappa shape index (κ2) is 5.29. The number of nitrogens with zero attached hydrogens (tertiary/aromatic N) is 3. The SMILES string of the molecule is Cc1cc(C)cc(CC(NN)c2cnnn2C)c1. The summed E-state index contributed by atoms with van der Waals surface area (Å²) in [6.07, 6.45) is 2.56. The van der Waals surface area contributed by atoms with Gasteiger partial charge in [0.2, 0.25) is 0 Å². The topological polar surface area (TPSA) is 68.8 Å². The molecule has 0 saturated heterocycles. The largest absolute Gasteiger partial charge is 0.271 e. The van der Waals surface area contributed by atoms with Crippen molar-refractivity contribution in [2.24, 2.45) is 12.9 Å². The second-order valence-corrected chi connectivity index (χ2v) is 4.70. The van der Waals surface area contributed by atoms with Crippen LogP contribution in [0.1, 0.15) is 28.4 Å². The Balaban J connectivity index is 2.23. The highest BCUT2D eigenvalue weighted by Crippen LogP contribution is 2.18. The number of nitrogens with one attached hydrogen (secondary N) is 1. The van der Waals surface area contributed by atoms with Crippen LogP contribution in [0.4, 0.5) is 0 Å². The molecule has 0 radical (unpaired) electrons. The maximum absolute atomic E-state index is 5.64. The molecule has 1 aromatic heterocycles. The van der Waals surface area contributed by atoms with E-state index in [0.717, 1.165) is 12.1 Å². The molecule has 2 rings (SSSR count). The molecule has 5 nitrogen and oxygen atoms in total. The average molecular weight is 245 g/mol. The smallest absolute Gasteiger partial charge is 0.0770 e. The number of aryl methyl sites for hydroxylation is 3. The van der Waals surface area contributed by atoms with Crippen molar-refractivity contribution in [2.45, 2.75) is 26.3 Å². The van der Waals surface area contributed by atoms with E-state index in [4.69, 9.17) is 5.84 Å². The van der Waals surface area contributed by atoms with Crippen LogP contribution >= 0.6 is 0 Å². The molecular weight excluding hydrogens is 226 g/mol. The predicted octanol–water partition coefficient (Wildman–Crippen LogP) is 1.18. The molecule has 2 aromatic rings. The number of hydrogen-bond donors (Lipinski definition) is 2. The molecule has 96 valence electrons. The standard InChI is InChI=1S/C13H19N5/c1-9-4-10(2)6-11(5-9)7-12(16-14)13-8-15-17-18(13)3/h4-6,8,12,16H,7,14H2,1-3H3. The lowest BCUT2D eigenvalue weighted by Crippen LogP contribution is -2.31. The van der Waals surface area contributed by atoms with E-state index in [2.05, 4.69) is 47.8 Å². The van der Waals surface area contributed by atoms with Crippen molar-refractivity contribution in [2.75, 3.05) is 0 Å². The molecule has 18 heavy (non-hydrogen) atoms. The first-order valence-corrected chi connectivity index (χ1v) is 5.98. The molecule has 0 aliphatic carbocycles. The number of aromatic nitrogens is 3. The van der Waals surface area contributed by atoms with E-state index >= 15 is 0 Å². The van der Waals surface area contributed by atoms with Gasteiger partial charge in [0, 0.05) is 7.05 Å². The molecule has 1 aromatic carbocycles. The molecule has 0 amide bonds. The zero-order valence-corrected chi connectivity index (χ0v) is 11.0. The molecule has 5 heteroatoms. The Bertz CT molecular complexity index is 512. The van der Waals surface area contributed by atoms with Gasteiger partial charge in [-0.25, -0.2) is 0 Å². The summed E-state index contributed by atoms with van der Waals surface area (Å²) < 4.78 is 1.74. The maximum Gasteiger partial charge on any atom is 0.0770 e. The highest BCUT2D eigenvalue weighted by Gasteiger charge is 2.15. The van der Waals surface area contributed by atoms with Crippen LogP contribution < -0.4 is 11.3 Å². The van der Waals surface area contributed by atoms with Crippen LogP contribution in [-0.4, -0.2) is 15.0 Å². The molecule has 0 saturated carbocycles. The van der Waals surface area contributed by atoms with Crippen LogP contribution in [0.15, 0.2) is 24.4 Å². The van der Waals surface area contributed by atoms with Gasteiger partial charge in [-0.2, -0.15) is 0 Å². The predicted molar refractivity (Wildman–Crippen MR) is 70.7 cm³/mol. The van der Waals surface area contributed by atoms with E-state index in [1.807, 2.05) is 7.05 Å². The van der Waals surface area contributed by atoms with Crippen molar-refractivity contribution in [1.29, 1.82) is 0 Å². The van der Waals surface area contributed by atoms with Crippen molar-refractivity contribution in [3.8, 4) is 0 Å². The van der Waals surface area contributed by atoms with E-state index in [-0.39, 0.29) is 6.04 Å². The first kappa shape index (κ1) is 12.7. The van der Waals surface area contributed by atoms with Crippen LogP contribution in [0.3, 0.4) is 0 Å². The number of hydrogen-bond acceptors (Lipinski definition) is 4. The zero-order valence-electron chi connectivity index (χ0n) is 11.0. The number of benzene rings is 1. The molecular formula is C13H19N5. The zero-order chi connectivity index (χ0) is 13.1. The summed E-state index contributed by atoms with van der Waals surface area (Å²) in [5.41, 5.74) is 7.61. The van der Waals surface area contributed by atoms with Crippen LogP contribution in [0.5, 0.6) is 0 Å². The van der Waals surface area contributed by atoms with E-state index < -0.39 is 0 Å². The van der Waals surface area contributed by atoms with Gasteiger partial charge in [0.05, 0.1) is 17.9 Å². The van der Waals surface area contributed by atoms with Gasteiger partial charge in [-0.1, -0.05) is 34.5 Å². The third kappa shape index (κ3) is 2.75. The highest BCUT2D eigenvalue weighted by atomic mass is 15.4. The third-order valence-corrected chi connectivity index (χ3v) is 3.03. The van der Waals surface area contributed by atoms with Crippen molar-refractivity contribution < 1.29 is 0 Å². The number of nitrogens with two attached hydrogens (primary N) is 1. The first-order valence-electron chi connectivity index (χ1n) is 5.98. The van der Waals surface area contributed by atoms with Crippen molar-refractivity contribution in [3.63, 3.8) is 0 Å². The Hall–Kier alpha value is -1.72. The van der Waals surface area contributed by atoms with Gasteiger partial charge < -0.3 is 0 Å². The molecule has 1 heterocycles. The summed E-state index contributed by atoms with van der Waals surface area (Å²) in [5, 5.41) is 7.82. The summed E-state index contributed by atoms with van der Waals surface area (Å²) in [6.45, 7) is 4.21. The lowest BCUT2D eigenvalue weighted by Gasteiger charge is -2.16. The van der Waals surface area contributed by atoms with E-state index in [1.165, 1.54) is 16.7 Å². The van der Waals surface area contributed by atoms with E-state index in [0.29, 0.717) is 0 Å². The fourth-order valence-corrected chi connectivity index (χ4v) is 2.28. The Morgan fingerprint density at radius 2 is 1.94 bits per heavy atom. The quantitative estimate of drug-likeness (QED) is 0.627. The van der Waals surface area contributed by atoms with E-state index in [1.54, 1.807) is 10.9 Å². The Morgan fingerprint density at radius 3 is 2.44 bits per heavy atom. The van der Waals surface area contributed by atoms with Crippen LogP contribution in [-0.2, 0) is 13.5 Å². The van der Waals surface area contributed by atoms with Gasteiger partial charge in [-0.15, -0.1) is 5.10 Å². The second-order valence-electron chi connectivity index (χ2n) is 4.70. The minimum absolute atomic E-state index is 0.0196. The number of hydrazine groups is 1. The molecule has 0 fully saturated rings. The number of rotatable bonds is 4. The molecule has 0 aliphatic rings. The van der Waals surface area contributed by atoms with Crippen molar-refractivity contribution in [3.05, 3.63) is 46.8 Å². The Kier molecular flexibility index (Phi) is 3.74. The maximum atomic E-state index is 5.64. The Labute approximate surface area is 107 Å². The van der Waals surface area contributed by atoms with Crippen LogP contribution in [0, 0.1) is 13.8 Å². The summed E-state index contributed by atoms with van der Waals surface area (Å²) in [5.74, 6) is 5.64. The minimum Gasteiger partial charge on any atom is -0.271 e. The summed E-state index contributed by atoms with van der Waals surface area (Å²) in [4.78, 5) is 0. The first-order chi connectivity index (χ1) is 8.60. The van der Waals surface area contributed by atoms with Crippen LogP contribution in [0.2, 0.25) is 0 Å².